The predicted octanol–water partition coefficient (Wildman–Crippen LogP) is 2.51. The van der Waals surface area contributed by atoms with Crippen LogP contribution in [0.3, 0.4) is 0 Å². The van der Waals surface area contributed by atoms with E-state index >= 15 is 0 Å². The number of carbonyl (C=O) groups excluding carboxylic acids is 2. The fourth-order valence-corrected chi connectivity index (χ4v) is 3.74. The molecule has 3 rings (SSSR count). The van der Waals surface area contributed by atoms with Crippen LogP contribution in [0.4, 0.5) is 0 Å². The van der Waals surface area contributed by atoms with Crippen LogP contribution in [0.5, 0.6) is 0 Å². The summed E-state index contributed by atoms with van der Waals surface area (Å²) in [5.41, 5.74) is 6.42. The highest BCUT2D eigenvalue weighted by atomic mass is 16.2. The van der Waals surface area contributed by atoms with E-state index in [9.17, 15) is 9.59 Å². The first-order chi connectivity index (χ1) is 11.1. The van der Waals surface area contributed by atoms with Gasteiger partial charge >= 0.3 is 0 Å². The van der Waals surface area contributed by atoms with Gasteiger partial charge in [0.1, 0.15) is 0 Å². The second-order valence-electron chi connectivity index (χ2n) is 7.20. The van der Waals surface area contributed by atoms with Crippen molar-refractivity contribution in [2.24, 2.45) is 17.1 Å². The number of aryl methyl sites for hydroxylation is 1. The lowest BCUT2D eigenvalue weighted by Crippen LogP contribution is -2.52. The predicted molar refractivity (Wildman–Crippen MR) is 89.5 cm³/mol. The Bertz CT molecular complexity index is 568. The molecule has 1 aromatic carbocycles. The highest BCUT2D eigenvalue weighted by molar-refractivity contribution is 5.83. The minimum Gasteiger partial charge on any atom is -0.369 e. The van der Waals surface area contributed by atoms with Crippen molar-refractivity contribution in [3.63, 3.8) is 0 Å². The zero-order valence-corrected chi connectivity index (χ0v) is 13.7. The number of likely N-dealkylation sites (tertiary alicyclic amines) is 1. The maximum absolute atomic E-state index is 12.6. The number of primary amides is 1. The van der Waals surface area contributed by atoms with Gasteiger partial charge in [0, 0.05) is 19.5 Å². The van der Waals surface area contributed by atoms with E-state index in [1.54, 1.807) is 0 Å². The third-order valence-corrected chi connectivity index (χ3v) is 5.30. The number of carbonyl (C=O) groups is 2. The lowest BCUT2D eigenvalue weighted by molar-refractivity contribution is -0.140. The van der Waals surface area contributed by atoms with E-state index in [4.69, 9.17) is 5.73 Å². The summed E-state index contributed by atoms with van der Waals surface area (Å²) in [5, 5.41) is 0. The van der Waals surface area contributed by atoms with Gasteiger partial charge < -0.3 is 10.6 Å². The number of amides is 2. The Balaban J connectivity index is 1.60. The summed E-state index contributed by atoms with van der Waals surface area (Å²) in [4.78, 5) is 26.5. The maximum atomic E-state index is 12.6. The molecule has 2 fully saturated rings. The monoisotopic (exact) mass is 314 g/mol. The first-order valence-corrected chi connectivity index (χ1v) is 8.71. The standard InChI is InChI=1S/C19H26N2O2/c20-18(23)19(13-16-7-8-16)11-4-12-21(14-19)17(22)10-9-15-5-2-1-3-6-15/h1-3,5-6,16H,4,7-14H2,(H2,20,23). The smallest absolute Gasteiger partial charge is 0.225 e. The molecule has 23 heavy (non-hydrogen) atoms. The zero-order chi connectivity index (χ0) is 16.3. The molecule has 1 heterocycles. The van der Waals surface area contributed by atoms with E-state index in [2.05, 4.69) is 0 Å². The lowest BCUT2D eigenvalue weighted by Gasteiger charge is -2.41. The van der Waals surface area contributed by atoms with Crippen LogP contribution in [0.15, 0.2) is 30.3 Å². The molecule has 1 unspecified atom stereocenters. The van der Waals surface area contributed by atoms with Crippen molar-refractivity contribution in [1.82, 2.24) is 4.90 Å². The van der Waals surface area contributed by atoms with E-state index < -0.39 is 5.41 Å². The molecule has 1 aromatic rings. The molecule has 1 atom stereocenters. The molecule has 2 aliphatic rings. The quantitative estimate of drug-likeness (QED) is 0.877. The van der Waals surface area contributed by atoms with Gasteiger partial charge in [-0.15, -0.1) is 0 Å². The molecule has 2 N–H and O–H groups in total. The topological polar surface area (TPSA) is 63.4 Å². The van der Waals surface area contributed by atoms with Gasteiger partial charge in [0.05, 0.1) is 5.41 Å². The first kappa shape index (κ1) is 16.0. The summed E-state index contributed by atoms with van der Waals surface area (Å²) in [6.07, 6.45) is 6.25. The molecule has 1 saturated carbocycles. The Labute approximate surface area is 138 Å². The molecular formula is C19H26N2O2. The molecule has 0 spiro atoms. The highest BCUT2D eigenvalue weighted by Crippen LogP contribution is 2.44. The normalized spacial score (nSPS) is 24.4. The van der Waals surface area contributed by atoms with Crippen LogP contribution in [0.2, 0.25) is 0 Å². The molecule has 1 saturated heterocycles. The number of hydrogen-bond donors (Lipinski definition) is 1. The Hall–Kier alpha value is -1.84. The molecule has 0 radical (unpaired) electrons. The Morgan fingerprint density at radius 1 is 1.22 bits per heavy atom. The number of benzene rings is 1. The van der Waals surface area contributed by atoms with Gasteiger partial charge in [-0.3, -0.25) is 9.59 Å². The van der Waals surface area contributed by atoms with Gasteiger partial charge in [-0.25, -0.2) is 0 Å². The van der Waals surface area contributed by atoms with Crippen molar-refractivity contribution in [2.45, 2.75) is 44.9 Å². The average molecular weight is 314 g/mol. The second-order valence-corrected chi connectivity index (χ2v) is 7.20. The van der Waals surface area contributed by atoms with Crippen LogP contribution in [0.1, 0.15) is 44.1 Å². The van der Waals surface area contributed by atoms with E-state index in [1.807, 2.05) is 35.2 Å². The SMILES string of the molecule is NC(=O)C1(CC2CC2)CCCN(C(=O)CCc2ccccc2)C1. The van der Waals surface area contributed by atoms with Gasteiger partial charge in [-0.05, 0) is 37.2 Å². The molecule has 124 valence electrons. The summed E-state index contributed by atoms with van der Waals surface area (Å²) in [5.74, 6) is 0.571. The van der Waals surface area contributed by atoms with Crippen LogP contribution in [0.25, 0.3) is 0 Å². The fourth-order valence-electron chi connectivity index (χ4n) is 3.74. The van der Waals surface area contributed by atoms with Crippen molar-refractivity contribution in [3.05, 3.63) is 35.9 Å². The van der Waals surface area contributed by atoms with E-state index in [0.29, 0.717) is 18.9 Å². The van der Waals surface area contributed by atoms with Gasteiger partial charge in [-0.2, -0.15) is 0 Å². The summed E-state index contributed by atoms with van der Waals surface area (Å²) < 4.78 is 0. The van der Waals surface area contributed by atoms with E-state index in [1.165, 1.54) is 18.4 Å². The van der Waals surface area contributed by atoms with Crippen molar-refractivity contribution in [3.8, 4) is 0 Å². The first-order valence-electron chi connectivity index (χ1n) is 8.71. The van der Waals surface area contributed by atoms with Crippen LogP contribution in [0, 0.1) is 11.3 Å². The molecule has 1 aliphatic heterocycles. The number of nitrogens with zero attached hydrogens (tertiary/aromatic N) is 1. The number of nitrogens with two attached hydrogens (primary N) is 1. The molecule has 0 aromatic heterocycles. The van der Waals surface area contributed by atoms with Crippen LogP contribution < -0.4 is 5.73 Å². The summed E-state index contributed by atoms with van der Waals surface area (Å²) in [7, 11) is 0. The minimum absolute atomic E-state index is 0.148. The summed E-state index contributed by atoms with van der Waals surface area (Å²) in [6.45, 7) is 1.28. The van der Waals surface area contributed by atoms with Crippen LogP contribution in [-0.4, -0.2) is 29.8 Å². The number of piperidine rings is 1. The van der Waals surface area contributed by atoms with Gasteiger partial charge in [0.2, 0.25) is 11.8 Å². The fraction of sp³-hybridized carbons (Fsp3) is 0.579. The molecular weight excluding hydrogens is 288 g/mol. The minimum atomic E-state index is -0.484. The maximum Gasteiger partial charge on any atom is 0.225 e. The zero-order valence-electron chi connectivity index (χ0n) is 13.7. The van der Waals surface area contributed by atoms with E-state index in [0.717, 1.165) is 32.2 Å². The van der Waals surface area contributed by atoms with Gasteiger partial charge in [-0.1, -0.05) is 43.2 Å². The van der Waals surface area contributed by atoms with Crippen LogP contribution in [-0.2, 0) is 16.0 Å². The Morgan fingerprint density at radius 3 is 2.61 bits per heavy atom. The van der Waals surface area contributed by atoms with Crippen molar-refractivity contribution < 1.29 is 9.59 Å². The molecule has 1 aliphatic carbocycles. The van der Waals surface area contributed by atoms with Crippen molar-refractivity contribution in [1.29, 1.82) is 0 Å². The molecule has 4 nitrogen and oxygen atoms in total. The number of rotatable bonds is 6. The Kier molecular flexibility index (Phi) is 4.69. The number of hydrogen-bond acceptors (Lipinski definition) is 2. The summed E-state index contributed by atoms with van der Waals surface area (Å²) in [6, 6.07) is 10.1. The van der Waals surface area contributed by atoms with E-state index in [-0.39, 0.29) is 11.8 Å². The third-order valence-electron chi connectivity index (χ3n) is 5.30. The Morgan fingerprint density at radius 2 is 1.96 bits per heavy atom. The molecule has 0 bridgehead atoms. The summed E-state index contributed by atoms with van der Waals surface area (Å²) >= 11 is 0. The molecule has 4 heteroatoms. The van der Waals surface area contributed by atoms with Gasteiger partial charge in [0.15, 0.2) is 0 Å². The highest BCUT2D eigenvalue weighted by Gasteiger charge is 2.45. The van der Waals surface area contributed by atoms with Crippen molar-refractivity contribution in [2.75, 3.05) is 13.1 Å². The third kappa shape index (κ3) is 3.92. The largest absolute Gasteiger partial charge is 0.369 e. The average Bonchev–Trinajstić information content (AvgIpc) is 3.37. The van der Waals surface area contributed by atoms with Gasteiger partial charge in [0.25, 0.3) is 0 Å². The second kappa shape index (κ2) is 6.73. The van der Waals surface area contributed by atoms with Crippen LogP contribution >= 0.6 is 0 Å². The lowest BCUT2D eigenvalue weighted by atomic mass is 9.75. The molecule has 2 amide bonds. The van der Waals surface area contributed by atoms with Crippen molar-refractivity contribution >= 4 is 11.8 Å².